The van der Waals surface area contributed by atoms with Gasteiger partial charge in [-0.15, -0.1) is 0 Å². The summed E-state index contributed by atoms with van der Waals surface area (Å²) in [7, 11) is 1.00. The number of nitrogens with one attached hydrogen (secondary N) is 2. The van der Waals surface area contributed by atoms with Gasteiger partial charge in [0.25, 0.3) is 11.8 Å². The minimum absolute atomic E-state index is 0.0494. The first kappa shape index (κ1) is 40.8. The number of thioether (sulfide) groups is 1. The van der Waals surface area contributed by atoms with Crippen LogP contribution >= 0.6 is 11.8 Å². The molecule has 0 fully saturated rings. The van der Waals surface area contributed by atoms with Crippen LogP contribution < -0.4 is 10.6 Å². The van der Waals surface area contributed by atoms with Crippen molar-refractivity contribution in [3.05, 3.63) is 142 Å². The quantitative estimate of drug-likeness (QED) is 0.0924. The standard InChI is InChI=1S/C18H18F3NOS.C17H16F3NO2.CH4O/c1-24-8-7-14(22-18(23)12-5-3-2-4-6-12)9-13-10-16(20)17(21)11-15(13)19;18-14-10-16(20)15(19)9-12(14)8-13(6-7-22)21-17(23)11-4-2-1-3-5-11;1-2/h2-6,10-11,14H,7-9H2,1H3,(H,22,23);1-5,9-10,13,22H,6-8H2,(H,21,23);2H,1H3/t14-;13-;/m00./s1. The largest absolute Gasteiger partial charge is 0.400 e. The Kier molecular flexibility index (Phi) is 18.0. The lowest BCUT2D eigenvalue weighted by molar-refractivity contribution is 0.0923. The molecule has 4 rings (SSSR count). The molecule has 4 N–H and O–H groups in total. The van der Waals surface area contributed by atoms with E-state index < -0.39 is 40.9 Å². The first-order valence-electron chi connectivity index (χ1n) is 15.1. The van der Waals surface area contributed by atoms with Crippen LogP contribution in [0.15, 0.2) is 84.9 Å². The Morgan fingerprint density at radius 1 is 0.612 bits per heavy atom. The van der Waals surface area contributed by atoms with Gasteiger partial charge in [0.05, 0.1) is 0 Å². The molecule has 0 aromatic heterocycles. The molecule has 2 atom stereocenters. The summed E-state index contributed by atoms with van der Waals surface area (Å²) in [6, 6.07) is 18.7. The first-order chi connectivity index (χ1) is 23.5. The molecule has 0 aliphatic carbocycles. The van der Waals surface area contributed by atoms with Crippen LogP contribution in [0.2, 0.25) is 0 Å². The number of benzene rings is 4. The van der Waals surface area contributed by atoms with E-state index in [1.807, 2.05) is 6.26 Å². The number of hydrogen-bond donors (Lipinski definition) is 4. The number of aliphatic hydroxyl groups excluding tert-OH is 2. The van der Waals surface area contributed by atoms with Crippen LogP contribution in [0.4, 0.5) is 26.3 Å². The zero-order chi connectivity index (χ0) is 36.3. The number of carbonyl (C=O) groups excluding carboxylic acids is 2. The fourth-order valence-corrected chi connectivity index (χ4v) is 5.07. The summed E-state index contributed by atoms with van der Waals surface area (Å²) in [6.45, 7) is -0.231. The van der Waals surface area contributed by atoms with Crippen molar-refractivity contribution in [3.8, 4) is 0 Å². The predicted molar refractivity (Wildman–Crippen MR) is 178 cm³/mol. The van der Waals surface area contributed by atoms with Crippen molar-refractivity contribution >= 4 is 23.6 Å². The van der Waals surface area contributed by atoms with Gasteiger partial charge in [0.1, 0.15) is 11.6 Å². The van der Waals surface area contributed by atoms with Crippen molar-refractivity contribution in [2.45, 2.75) is 37.8 Å². The van der Waals surface area contributed by atoms with E-state index in [2.05, 4.69) is 10.6 Å². The number of halogens is 6. The number of aliphatic hydroxyl groups is 2. The van der Waals surface area contributed by atoms with Gasteiger partial charge >= 0.3 is 0 Å². The average Bonchev–Trinajstić information content (AvgIpc) is 3.10. The molecule has 0 spiro atoms. The van der Waals surface area contributed by atoms with Gasteiger partial charge in [0, 0.05) is 49.1 Å². The molecular formula is C36H38F6N2O4S. The predicted octanol–water partition coefficient (Wildman–Crippen LogP) is 6.63. The molecule has 0 bridgehead atoms. The maximum Gasteiger partial charge on any atom is 0.251 e. The third-order valence-corrected chi connectivity index (χ3v) is 7.65. The Labute approximate surface area is 285 Å². The topological polar surface area (TPSA) is 98.7 Å². The lowest BCUT2D eigenvalue weighted by Crippen LogP contribution is -2.37. The Hall–Kier alpha value is -4.33. The van der Waals surface area contributed by atoms with Crippen LogP contribution in [-0.4, -0.2) is 59.8 Å². The number of rotatable bonds is 13. The Balaban J connectivity index is 0.000000324. The van der Waals surface area contributed by atoms with Gasteiger partial charge in [0.15, 0.2) is 23.3 Å². The van der Waals surface area contributed by atoms with Crippen molar-refractivity contribution in [1.29, 1.82) is 0 Å². The fourth-order valence-electron chi connectivity index (χ4n) is 4.55. The monoisotopic (exact) mass is 708 g/mol. The van der Waals surface area contributed by atoms with Crippen LogP contribution in [0.3, 0.4) is 0 Å². The molecule has 0 saturated carbocycles. The molecular weight excluding hydrogens is 670 g/mol. The van der Waals surface area contributed by atoms with Crippen LogP contribution in [0.1, 0.15) is 44.7 Å². The molecule has 13 heteroatoms. The highest BCUT2D eigenvalue weighted by molar-refractivity contribution is 7.98. The van der Waals surface area contributed by atoms with Crippen molar-refractivity contribution in [2.75, 3.05) is 25.7 Å². The average molecular weight is 709 g/mol. The van der Waals surface area contributed by atoms with E-state index in [4.69, 9.17) is 10.2 Å². The van der Waals surface area contributed by atoms with Crippen molar-refractivity contribution in [3.63, 3.8) is 0 Å². The maximum atomic E-state index is 13.8. The molecule has 264 valence electrons. The third-order valence-electron chi connectivity index (χ3n) is 7.00. The summed E-state index contributed by atoms with van der Waals surface area (Å²) < 4.78 is 80.2. The van der Waals surface area contributed by atoms with E-state index >= 15 is 0 Å². The first-order valence-corrected chi connectivity index (χ1v) is 16.4. The van der Waals surface area contributed by atoms with Crippen LogP contribution in [-0.2, 0) is 12.8 Å². The summed E-state index contributed by atoms with van der Waals surface area (Å²) in [5.41, 5.74) is 0.905. The molecule has 0 unspecified atom stereocenters. The van der Waals surface area contributed by atoms with Gasteiger partial charge in [-0.25, -0.2) is 26.3 Å². The smallest absolute Gasteiger partial charge is 0.251 e. The maximum absolute atomic E-state index is 13.8. The van der Waals surface area contributed by atoms with Crippen LogP contribution in [0.5, 0.6) is 0 Å². The highest BCUT2D eigenvalue weighted by Gasteiger charge is 2.19. The summed E-state index contributed by atoms with van der Waals surface area (Å²) >= 11 is 1.59. The van der Waals surface area contributed by atoms with E-state index in [1.165, 1.54) is 0 Å². The molecule has 0 aliphatic rings. The summed E-state index contributed by atoms with van der Waals surface area (Å²) in [5, 5.41) is 21.6. The Bertz CT molecular complexity index is 1620. The highest BCUT2D eigenvalue weighted by Crippen LogP contribution is 2.18. The van der Waals surface area contributed by atoms with Gasteiger partial charge in [-0.2, -0.15) is 11.8 Å². The van der Waals surface area contributed by atoms with Crippen molar-refractivity contribution < 1.29 is 46.1 Å². The van der Waals surface area contributed by atoms with E-state index in [9.17, 15) is 35.9 Å². The Morgan fingerprint density at radius 2 is 0.980 bits per heavy atom. The van der Waals surface area contributed by atoms with E-state index in [-0.39, 0.29) is 54.9 Å². The van der Waals surface area contributed by atoms with Gasteiger partial charge in [-0.1, -0.05) is 36.4 Å². The molecule has 6 nitrogen and oxygen atoms in total. The van der Waals surface area contributed by atoms with Gasteiger partial charge in [-0.05, 0) is 85.2 Å². The SMILES string of the molecule is CO.CSCC[C@@H](Cc1cc(F)c(F)cc1F)NC(=O)c1ccccc1.O=C(N[C@@H](CCO)Cc1cc(F)c(F)cc1F)c1ccccc1. The van der Waals surface area contributed by atoms with Gasteiger partial charge in [0.2, 0.25) is 0 Å². The zero-order valence-electron chi connectivity index (χ0n) is 26.9. The molecule has 0 heterocycles. The molecule has 4 aromatic rings. The van der Waals surface area contributed by atoms with Gasteiger partial charge in [-0.3, -0.25) is 9.59 Å². The highest BCUT2D eigenvalue weighted by atomic mass is 32.2. The summed E-state index contributed by atoms with van der Waals surface area (Å²) in [5.74, 6) is -6.33. The molecule has 0 aliphatic heterocycles. The van der Waals surface area contributed by atoms with Crippen LogP contribution in [0, 0.1) is 34.9 Å². The van der Waals surface area contributed by atoms with E-state index in [0.29, 0.717) is 29.7 Å². The molecule has 4 aromatic carbocycles. The molecule has 0 saturated heterocycles. The minimum atomic E-state index is -1.27. The lowest BCUT2D eigenvalue weighted by atomic mass is 10.0. The second-order valence-electron chi connectivity index (χ2n) is 10.5. The number of amides is 2. The molecule has 49 heavy (non-hydrogen) atoms. The fraction of sp³-hybridized carbons (Fsp3) is 0.278. The minimum Gasteiger partial charge on any atom is -0.400 e. The number of carbonyl (C=O) groups is 2. The van der Waals surface area contributed by atoms with Gasteiger partial charge < -0.3 is 20.8 Å². The summed E-state index contributed by atoms with van der Waals surface area (Å²) in [6.07, 6.45) is 2.73. The summed E-state index contributed by atoms with van der Waals surface area (Å²) in [4.78, 5) is 24.4. The third kappa shape index (κ3) is 13.6. The van der Waals surface area contributed by atoms with E-state index in [1.54, 1.807) is 72.4 Å². The second kappa shape index (κ2) is 21.6. The van der Waals surface area contributed by atoms with Crippen molar-refractivity contribution in [2.24, 2.45) is 0 Å². The van der Waals surface area contributed by atoms with Crippen molar-refractivity contribution in [1.82, 2.24) is 10.6 Å². The molecule has 2 amide bonds. The number of hydrogen-bond acceptors (Lipinski definition) is 5. The van der Waals surface area contributed by atoms with E-state index in [0.717, 1.165) is 25.0 Å². The zero-order valence-corrected chi connectivity index (χ0v) is 27.7. The second-order valence-corrected chi connectivity index (χ2v) is 11.5. The van der Waals surface area contributed by atoms with Crippen LogP contribution in [0.25, 0.3) is 0 Å². The molecule has 0 radical (unpaired) electrons. The normalized spacial score (nSPS) is 11.6. The Morgan fingerprint density at radius 3 is 1.35 bits per heavy atom. The lowest BCUT2D eigenvalue weighted by Gasteiger charge is -2.19.